The van der Waals surface area contributed by atoms with Crippen molar-refractivity contribution < 1.29 is 4.79 Å². The Kier molecular flexibility index (Phi) is 4.50. The maximum atomic E-state index is 11.3. The van der Waals surface area contributed by atoms with Crippen LogP contribution in [-0.4, -0.2) is 12.3 Å². The predicted octanol–water partition coefficient (Wildman–Crippen LogP) is 2.15. The lowest BCUT2D eigenvalue weighted by molar-refractivity contribution is -0.118. The van der Waals surface area contributed by atoms with Gasteiger partial charge >= 0.3 is 0 Å². The van der Waals surface area contributed by atoms with Crippen LogP contribution < -0.4 is 5.73 Å². The molecule has 1 aromatic carbocycles. The van der Waals surface area contributed by atoms with Crippen molar-refractivity contribution in [1.82, 2.24) is 0 Å². The first-order valence-electron chi connectivity index (χ1n) is 5.42. The third-order valence-electron chi connectivity index (χ3n) is 2.81. The van der Waals surface area contributed by atoms with Gasteiger partial charge in [-0.05, 0) is 43.5 Å². The average molecular weight is 205 g/mol. The first kappa shape index (κ1) is 11.9. The average Bonchev–Trinajstić information content (AvgIpc) is 2.21. The van der Waals surface area contributed by atoms with Crippen LogP contribution in [0.4, 0.5) is 0 Å². The lowest BCUT2D eigenvalue weighted by Gasteiger charge is -2.07. The number of hydrogen-bond donors (Lipinski definition) is 1. The van der Waals surface area contributed by atoms with Crippen LogP contribution in [0, 0.1) is 13.8 Å². The second-order valence-corrected chi connectivity index (χ2v) is 3.94. The van der Waals surface area contributed by atoms with Crippen LogP contribution in [0.25, 0.3) is 0 Å². The highest BCUT2D eigenvalue weighted by Crippen LogP contribution is 2.14. The molecule has 0 aliphatic carbocycles. The quantitative estimate of drug-likeness (QED) is 0.800. The van der Waals surface area contributed by atoms with Crippen LogP contribution in [0.1, 0.15) is 29.5 Å². The van der Waals surface area contributed by atoms with Gasteiger partial charge in [0.05, 0.1) is 0 Å². The first-order chi connectivity index (χ1) is 7.15. The van der Waals surface area contributed by atoms with Crippen LogP contribution >= 0.6 is 0 Å². The van der Waals surface area contributed by atoms with E-state index in [0.717, 1.165) is 6.42 Å². The Hall–Kier alpha value is -1.15. The molecular formula is C13H19NO. The molecule has 0 amide bonds. The minimum Gasteiger partial charge on any atom is -0.330 e. The van der Waals surface area contributed by atoms with E-state index >= 15 is 0 Å². The number of benzene rings is 1. The minimum atomic E-state index is 0.262. The Balaban J connectivity index is 2.58. The monoisotopic (exact) mass is 205 g/mol. The molecule has 0 fully saturated rings. The van der Waals surface area contributed by atoms with Gasteiger partial charge in [0.15, 0.2) is 0 Å². The van der Waals surface area contributed by atoms with Gasteiger partial charge in [-0.2, -0.15) is 0 Å². The highest BCUT2D eigenvalue weighted by molar-refractivity contribution is 5.78. The van der Waals surface area contributed by atoms with Crippen molar-refractivity contribution in [2.45, 2.75) is 33.1 Å². The van der Waals surface area contributed by atoms with E-state index in [1.54, 1.807) is 0 Å². The lowest BCUT2D eigenvalue weighted by atomic mass is 9.98. The fourth-order valence-electron chi connectivity index (χ4n) is 1.64. The maximum Gasteiger partial charge on any atom is 0.134 e. The number of rotatable bonds is 5. The van der Waals surface area contributed by atoms with E-state index < -0.39 is 0 Å². The normalized spacial score (nSPS) is 10.3. The van der Waals surface area contributed by atoms with Crippen LogP contribution in [-0.2, 0) is 11.2 Å². The van der Waals surface area contributed by atoms with E-state index in [1.807, 2.05) is 6.07 Å². The molecule has 2 N–H and O–H groups in total. The first-order valence-corrected chi connectivity index (χ1v) is 5.42. The molecule has 0 radical (unpaired) electrons. The molecule has 0 aromatic heterocycles. The standard InChI is InChI=1S/C13H19NO/c1-10-4-3-5-12(11(10)2)6-7-13(15)8-9-14/h3-5H,6-9,14H2,1-2H3. The third-order valence-corrected chi connectivity index (χ3v) is 2.81. The summed E-state index contributed by atoms with van der Waals surface area (Å²) in [5, 5.41) is 0. The minimum absolute atomic E-state index is 0.262. The van der Waals surface area contributed by atoms with Crippen LogP contribution in [0.5, 0.6) is 0 Å². The molecule has 1 rings (SSSR count). The van der Waals surface area contributed by atoms with Gasteiger partial charge in [0.1, 0.15) is 5.78 Å². The molecule has 1 aromatic rings. The highest BCUT2D eigenvalue weighted by Gasteiger charge is 2.04. The number of ketones is 1. The molecule has 2 nitrogen and oxygen atoms in total. The third kappa shape index (κ3) is 3.48. The van der Waals surface area contributed by atoms with Crippen LogP contribution in [0.2, 0.25) is 0 Å². The summed E-state index contributed by atoms with van der Waals surface area (Å²) in [5.41, 5.74) is 9.20. The van der Waals surface area contributed by atoms with E-state index in [4.69, 9.17) is 5.73 Å². The molecule has 2 heteroatoms. The number of carbonyl (C=O) groups excluding carboxylic acids is 1. The van der Waals surface area contributed by atoms with Gasteiger partial charge in [-0.3, -0.25) is 4.79 Å². The second-order valence-electron chi connectivity index (χ2n) is 3.94. The number of carbonyl (C=O) groups is 1. The van der Waals surface area contributed by atoms with Gasteiger partial charge in [-0.25, -0.2) is 0 Å². The predicted molar refractivity (Wildman–Crippen MR) is 62.9 cm³/mol. The van der Waals surface area contributed by atoms with E-state index in [2.05, 4.69) is 26.0 Å². The van der Waals surface area contributed by atoms with Gasteiger partial charge in [0.25, 0.3) is 0 Å². The number of Topliss-reactive ketones (excluding diaryl/α,β-unsaturated/α-hetero) is 1. The largest absolute Gasteiger partial charge is 0.330 e. The zero-order valence-electron chi connectivity index (χ0n) is 9.55. The van der Waals surface area contributed by atoms with Crippen molar-refractivity contribution in [3.63, 3.8) is 0 Å². The van der Waals surface area contributed by atoms with Crippen molar-refractivity contribution in [2.75, 3.05) is 6.54 Å². The summed E-state index contributed by atoms with van der Waals surface area (Å²) in [6, 6.07) is 6.24. The molecule has 0 saturated heterocycles. The maximum absolute atomic E-state index is 11.3. The Morgan fingerprint density at radius 1 is 1.27 bits per heavy atom. The topological polar surface area (TPSA) is 43.1 Å². The van der Waals surface area contributed by atoms with Crippen LogP contribution in [0.15, 0.2) is 18.2 Å². The molecule has 0 bridgehead atoms. The van der Waals surface area contributed by atoms with Gasteiger partial charge in [0, 0.05) is 12.8 Å². The fourth-order valence-corrected chi connectivity index (χ4v) is 1.64. The molecule has 0 spiro atoms. The Labute approximate surface area is 91.5 Å². The number of hydrogen-bond acceptors (Lipinski definition) is 2. The van der Waals surface area contributed by atoms with Gasteiger partial charge in [-0.1, -0.05) is 18.2 Å². The van der Waals surface area contributed by atoms with E-state index in [-0.39, 0.29) is 5.78 Å². The second kappa shape index (κ2) is 5.66. The van der Waals surface area contributed by atoms with Crippen molar-refractivity contribution >= 4 is 5.78 Å². The molecule has 0 saturated carbocycles. The van der Waals surface area contributed by atoms with E-state index in [0.29, 0.717) is 19.4 Å². The van der Waals surface area contributed by atoms with Crippen LogP contribution in [0.3, 0.4) is 0 Å². The van der Waals surface area contributed by atoms with Gasteiger partial charge < -0.3 is 5.73 Å². The molecule has 0 heterocycles. The summed E-state index contributed by atoms with van der Waals surface area (Å²) in [6.45, 7) is 4.67. The zero-order chi connectivity index (χ0) is 11.3. The molecule has 82 valence electrons. The molecule has 0 aliphatic rings. The smallest absolute Gasteiger partial charge is 0.134 e. The molecular weight excluding hydrogens is 186 g/mol. The SMILES string of the molecule is Cc1cccc(CCC(=O)CCN)c1C. The zero-order valence-corrected chi connectivity index (χ0v) is 9.55. The van der Waals surface area contributed by atoms with Crippen molar-refractivity contribution in [3.05, 3.63) is 34.9 Å². The number of nitrogens with two attached hydrogens (primary N) is 1. The summed E-state index contributed by atoms with van der Waals surface area (Å²) in [4.78, 5) is 11.3. The molecule has 0 atom stereocenters. The Bertz CT molecular complexity index is 344. The summed E-state index contributed by atoms with van der Waals surface area (Å²) < 4.78 is 0. The fraction of sp³-hybridized carbons (Fsp3) is 0.462. The Morgan fingerprint density at radius 2 is 2.00 bits per heavy atom. The number of aryl methyl sites for hydroxylation is 2. The summed E-state index contributed by atoms with van der Waals surface area (Å²) in [5.74, 6) is 0.262. The van der Waals surface area contributed by atoms with E-state index in [9.17, 15) is 4.79 Å². The lowest BCUT2D eigenvalue weighted by Crippen LogP contribution is -2.08. The Morgan fingerprint density at radius 3 is 2.67 bits per heavy atom. The van der Waals surface area contributed by atoms with Crippen molar-refractivity contribution in [2.24, 2.45) is 5.73 Å². The van der Waals surface area contributed by atoms with Gasteiger partial charge in [0.2, 0.25) is 0 Å². The van der Waals surface area contributed by atoms with E-state index in [1.165, 1.54) is 16.7 Å². The molecule has 15 heavy (non-hydrogen) atoms. The summed E-state index contributed by atoms with van der Waals surface area (Å²) >= 11 is 0. The summed E-state index contributed by atoms with van der Waals surface area (Å²) in [7, 11) is 0. The molecule has 0 aliphatic heterocycles. The van der Waals surface area contributed by atoms with Gasteiger partial charge in [-0.15, -0.1) is 0 Å². The van der Waals surface area contributed by atoms with Crippen molar-refractivity contribution in [1.29, 1.82) is 0 Å². The molecule has 0 unspecified atom stereocenters. The highest BCUT2D eigenvalue weighted by atomic mass is 16.1. The summed E-state index contributed by atoms with van der Waals surface area (Å²) in [6.07, 6.45) is 1.96. The van der Waals surface area contributed by atoms with Crippen molar-refractivity contribution in [3.8, 4) is 0 Å².